The lowest BCUT2D eigenvalue weighted by molar-refractivity contribution is -0.138. The Morgan fingerprint density at radius 3 is 1.40 bits per heavy atom. The Morgan fingerprint density at radius 1 is 0.667 bits per heavy atom. The number of benzene rings is 2. The first-order valence-corrected chi connectivity index (χ1v) is 12.1. The number of hydrogen-bond acceptors (Lipinski definition) is 8. The second-order valence-corrected chi connectivity index (χ2v) is 9.09. The van der Waals surface area contributed by atoms with E-state index in [9.17, 15) is 50.9 Å². The maximum absolute atomic E-state index is 13.8. The molecule has 13 nitrogen and oxygen atoms in total. The van der Waals surface area contributed by atoms with Gasteiger partial charge in [-0.25, -0.2) is 23.9 Å². The number of carbonyl (C=O) groups excluding carboxylic acids is 1. The number of halogens is 6. The van der Waals surface area contributed by atoms with Gasteiger partial charge in [0, 0.05) is 5.56 Å². The van der Waals surface area contributed by atoms with Gasteiger partial charge >= 0.3 is 24.3 Å². The van der Waals surface area contributed by atoms with Crippen molar-refractivity contribution in [2.45, 2.75) is 12.4 Å². The zero-order chi connectivity index (χ0) is 32.8. The maximum Gasteiger partial charge on any atom is 0.419 e. The van der Waals surface area contributed by atoms with Crippen molar-refractivity contribution in [3.8, 4) is 34.2 Å². The Morgan fingerprint density at radius 2 is 1.07 bits per heavy atom. The molecule has 0 atom stereocenters. The lowest BCUT2D eigenvalue weighted by atomic mass is 10.0. The van der Waals surface area contributed by atoms with Crippen LogP contribution in [0.5, 0.6) is 0 Å². The fourth-order valence-electron chi connectivity index (χ4n) is 4.35. The molecule has 0 spiro atoms. The Bertz CT molecular complexity index is 1870. The van der Waals surface area contributed by atoms with Gasteiger partial charge in [0.2, 0.25) is 5.91 Å². The summed E-state index contributed by atoms with van der Waals surface area (Å²) in [5.74, 6) is -4.67. The van der Waals surface area contributed by atoms with Gasteiger partial charge in [-0.05, 0) is 36.4 Å². The minimum absolute atomic E-state index is 0.186. The lowest BCUT2D eigenvalue weighted by Crippen LogP contribution is -2.17. The van der Waals surface area contributed by atoms with Crippen molar-refractivity contribution in [1.29, 1.82) is 0 Å². The molecular weight excluding hydrogens is 618 g/mol. The van der Waals surface area contributed by atoms with Crippen molar-refractivity contribution in [2.24, 2.45) is 5.73 Å². The molecule has 4 N–H and O–H groups in total. The molecule has 0 aliphatic heterocycles. The third kappa shape index (κ3) is 5.77. The predicted octanol–water partition coefficient (Wildman–Crippen LogP) is 4.11. The highest BCUT2D eigenvalue weighted by molar-refractivity contribution is 5.95. The number of carboxylic acids is 2. The number of aromatic carboxylic acids is 2. The number of pyridine rings is 1. The standard InChI is InChI=1S/C26H14F6N8O5/c27-25(28,29)20-12(23(42)43)3-1-5-18(20)39-9-16(35-37-39)14-7-11(22(33)41)8-15(34-14)17-10-40(38-36-17)19-6-2-4-13(24(44)45)21(19)26(30,31)32/h1-10H,(H2,33,41)(H,42,43)(H,44,45). The number of hydrogen-bond donors (Lipinski definition) is 3. The highest BCUT2D eigenvalue weighted by Crippen LogP contribution is 2.38. The smallest absolute Gasteiger partial charge is 0.419 e. The zero-order valence-corrected chi connectivity index (χ0v) is 21.9. The normalized spacial score (nSPS) is 11.9. The summed E-state index contributed by atoms with van der Waals surface area (Å²) in [6.07, 6.45) is -8.26. The number of aromatic nitrogens is 7. The van der Waals surface area contributed by atoms with E-state index in [2.05, 4.69) is 25.6 Å². The van der Waals surface area contributed by atoms with E-state index >= 15 is 0 Å². The van der Waals surface area contributed by atoms with E-state index in [0.717, 1.165) is 60.9 Å². The third-order valence-corrected chi connectivity index (χ3v) is 6.23. The Kier molecular flexibility index (Phi) is 7.31. The summed E-state index contributed by atoms with van der Waals surface area (Å²) in [5, 5.41) is 33.4. The minimum Gasteiger partial charge on any atom is -0.478 e. The molecule has 0 bridgehead atoms. The summed E-state index contributed by atoms with van der Waals surface area (Å²) >= 11 is 0. The van der Waals surface area contributed by atoms with Crippen LogP contribution in [0.15, 0.2) is 60.9 Å². The third-order valence-electron chi connectivity index (χ3n) is 6.23. The van der Waals surface area contributed by atoms with Crippen molar-refractivity contribution >= 4 is 17.8 Å². The molecule has 0 radical (unpaired) electrons. The molecule has 3 aromatic heterocycles. The number of carbonyl (C=O) groups is 3. The van der Waals surface area contributed by atoms with Crippen LogP contribution >= 0.6 is 0 Å². The van der Waals surface area contributed by atoms with Crippen molar-refractivity contribution in [3.63, 3.8) is 0 Å². The second-order valence-electron chi connectivity index (χ2n) is 9.09. The van der Waals surface area contributed by atoms with Gasteiger partial charge in [-0.1, -0.05) is 22.6 Å². The largest absolute Gasteiger partial charge is 0.478 e. The van der Waals surface area contributed by atoms with E-state index in [1.807, 2.05) is 0 Å². The Balaban J connectivity index is 1.61. The summed E-state index contributed by atoms with van der Waals surface area (Å²) < 4.78 is 84.4. The minimum atomic E-state index is -5.10. The average molecular weight is 632 g/mol. The van der Waals surface area contributed by atoms with E-state index in [0.29, 0.717) is 9.36 Å². The highest BCUT2D eigenvalue weighted by Gasteiger charge is 2.40. The molecule has 45 heavy (non-hydrogen) atoms. The van der Waals surface area contributed by atoms with Crippen LogP contribution in [-0.4, -0.2) is 63.0 Å². The average Bonchev–Trinajstić information content (AvgIpc) is 3.66. The quantitative estimate of drug-likeness (QED) is 0.220. The van der Waals surface area contributed by atoms with Crippen LogP contribution in [0.1, 0.15) is 42.2 Å². The van der Waals surface area contributed by atoms with E-state index in [-0.39, 0.29) is 28.3 Å². The van der Waals surface area contributed by atoms with Crippen LogP contribution in [0.4, 0.5) is 26.3 Å². The first-order valence-electron chi connectivity index (χ1n) is 12.1. The molecule has 0 saturated carbocycles. The van der Waals surface area contributed by atoms with E-state index < -0.39 is 63.8 Å². The topological polar surface area (TPSA) is 192 Å². The summed E-state index contributed by atoms with van der Waals surface area (Å²) in [5.41, 5.74) is -2.06. The van der Waals surface area contributed by atoms with E-state index in [1.165, 1.54) is 0 Å². The molecule has 3 heterocycles. The number of rotatable bonds is 7. The van der Waals surface area contributed by atoms with Crippen molar-refractivity contribution in [3.05, 3.63) is 88.7 Å². The van der Waals surface area contributed by atoms with Crippen LogP contribution in [0.25, 0.3) is 34.2 Å². The van der Waals surface area contributed by atoms with Crippen LogP contribution in [0.2, 0.25) is 0 Å². The number of nitrogens with two attached hydrogens (primary N) is 1. The van der Waals surface area contributed by atoms with Crippen LogP contribution in [0, 0.1) is 0 Å². The molecule has 0 aliphatic carbocycles. The second kappa shape index (κ2) is 10.8. The molecule has 19 heteroatoms. The fraction of sp³-hybridized carbons (Fsp3) is 0.0769. The van der Waals surface area contributed by atoms with Gasteiger partial charge < -0.3 is 15.9 Å². The van der Waals surface area contributed by atoms with Gasteiger partial charge in [0.1, 0.15) is 11.4 Å². The summed E-state index contributed by atoms with van der Waals surface area (Å²) in [6, 6.07) is 7.80. The molecular formula is C26H14F6N8O5. The Labute approximate surface area is 245 Å². The van der Waals surface area contributed by atoms with Gasteiger partial charge in [0.25, 0.3) is 0 Å². The van der Waals surface area contributed by atoms with Crippen LogP contribution in [0.3, 0.4) is 0 Å². The molecule has 0 fully saturated rings. The molecule has 0 aliphatic rings. The first-order chi connectivity index (χ1) is 21.1. The summed E-state index contributed by atoms with van der Waals surface area (Å²) in [6.45, 7) is 0. The van der Waals surface area contributed by atoms with Crippen molar-refractivity contribution < 1.29 is 50.9 Å². The van der Waals surface area contributed by atoms with Crippen molar-refractivity contribution in [2.75, 3.05) is 0 Å². The SMILES string of the molecule is NC(=O)c1cc(-c2cn(-c3cccc(C(=O)O)c3C(F)(F)F)nn2)nc(-c2cn(-c3cccc(C(=O)O)c3C(F)(F)F)nn2)c1. The number of primary amides is 1. The molecule has 5 rings (SSSR count). The van der Waals surface area contributed by atoms with Gasteiger partial charge in [0.15, 0.2) is 0 Å². The predicted molar refractivity (Wildman–Crippen MR) is 137 cm³/mol. The zero-order valence-electron chi connectivity index (χ0n) is 21.9. The molecule has 0 unspecified atom stereocenters. The monoisotopic (exact) mass is 632 g/mol. The van der Waals surface area contributed by atoms with Gasteiger partial charge in [-0.2, -0.15) is 26.3 Å². The maximum atomic E-state index is 13.8. The molecule has 230 valence electrons. The van der Waals surface area contributed by atoms with E-state index in [1.54, 1.807) is 0 Å². The first kappa shape index (κ1) is 30.3. The number of amides is 1. The fourth-order valence-corrected chi connectivity index (χ4v) is 4.35. The van der Waals surface area contributed by atoms with Crippen LogP contribution in [-0.2, 0) is 12.4 Å². The number of carboxylic acid groups (broad SMARTS) is 2. The Hall–Kier alpha value is -6.14. The number of nitrogens with zero attached hydrogens (tertiary/aromatic N) is 7. The van der Waals surface area contributed by atoms with Gasteiger partial charge in [-0.3, -0.25) is 4.79 Å². The molecule has 5 aromatic rings. The van der Waals surface area contributed by atoms with E-state index in [4.69, 9.17) is 5.73 Å². The molecule has 1 amide bonds. The number of alkyl halides is 6. The molecule has 2 aromatic carbocycles. The lowest BCUT2D eigenvalue weighted by Gasteiger charge is -2.14. The van der Waals surface area contributed by atoms with Gasteiger partial charge in [-0.15, -0.1) is 10.2 Å². The summed E-state index contributed by atoms with van der Waals surface area (Å²) in [7, 11) is 0. The summed E-state index contributed by atoms with van der Waals surface area (Å²) in [4.78, 5) is 39.2. The molecule has 0 saturated heterocycles. The van der Waals surface area contributed by atoms with Crippen molar-refractivity contribution in [1.82, 2.24) is 35.0 Å². The van der Waals surface area contributed by atoms with Crippen LogP contribution < -0.4 is 5.73 Å². The van der Waals surface area contributed by atoms with Gasteiger partial charge in [0.05, 0.1) is 57.4 Å². The highest BCUT2D eigenvalue weighted by atomic mass is 19.4.